The summed E-state index contributed by atoms with van der Waals surface area (Å²) < 4.78 is 0. The van der Waals surface area contributed by atoms with E-state index in [-0.39, 0.29) is 11.7 Å². The van der Waals surface area contributed by atoms with Crippen molar-refractivity contribution in [2.24, 2.45) is 5.92 Å². The molecule has 96 valence electrons. The molecule has 4 heteroatoms. The summed E-state index contributed by atoms with van der Waals surface area (Å²) >= 11 is 11.8. The number of benzene rings is 1. The van der Waals surface area contributed by atoms with Crippen LogP contribution in [0.5, 0.6) is 0 Å². The summed E-state index contributed by atoms with van der Waals surface area (Å²) in [5.41, 5.74) is 0.538. The molecule has 2 unspecified atom stereocenters. The average Bonchev–Trinajstić information content (AvgIpc) is 2.32. The average molecular weight is 284 g/mol. The van der Waals surface area contributed by atoms with Crippen LogP contribution in [0.1, 0.15) is 38.2 Å². The molecule has 0 saturated carbocycles. The van der Waals surface area contributed by atoms with E-state index in [1.807, 2.05) is 19.9 Å². The highest BCUT2D eigenvalue weighted by molar-refractivity contribution is 6.35. The predicted octanol–water partition coefficient (Wildman–Crippen LogP) is 4.61. The number of hydrogen-bond donors (Lipinski definition) is 0. The molecule has 2 nitrogen and oxygen atoms in total. The molecule has 0 N–H and O–H groups in total. The molecule has 0 fully saturated rings. The second-order valence-corrected chi connectivity index (χ2v) is 5.16. The summed E-state index contributed by atoms with van der Waals surface area (Å²) in [7, 11) is 0. The van der Waals surface area contributed by atoms with Gasteiger partial charge in [-0.05, 0) is 24.1 Å². The van der Waals surface area contributed by atoms with Crippen LogP contribution in [-0.4, -0.2) is 5.78 Å². The van der Waals surface area contributed by atoms with Crippen molar-refractivity contribution in [3.8, 4) is 6.07 Å². The Balaban J connectivity index is 3.03. The SMILES string of the molecule is CCCC(C)C(=O)C(C#N)c1ccc(Cl)cc1Cl. The van der Waals surface area contributed by atoms with Crippen molar-refractivity contribution in [3.05, 3.63) is 33.8 Å². The lowest BCUT2D eigenvalue weighted by molar-refractivity contribution is -0.122. The zero-order chi connectivity index (χ0) is 13.7. The molecule has 0 heterocycles. The molecule has 1 aromatic rings. The third kappa shape index (κ3) is 3.48. The summed E-state index contributed by atoms with van der Waals surface area (Å²) in [4.78, 5) is 12.2. The van der Waals surface area contributed by atoms with Crippen LogP contribution >= 0.6 is 23.2 Å². The first-order valence-electron chi connectivity index (χ1n) is 5.89. The van der Waals surface area contributed by atoms with Crippen molar-refractivity contribution < 1.29 is 4.79 Å². The first-order chi connectivity index (χ1) is 8.51. The fraction of sp³-hybridized carbons (Fsp3) is 0.429. The molecule has 0 aliphatic rings. The lowest BCUT2D eigenvalue weighted by atomic mass is 9.87. The molecule has 18 heavy (non-hydrogen) atoms. The van der Waals surface area contributed by atoms with Crippen LogP contribution in [0, 0.1) is 17.2 Å². The third-order valence-electron chi connectivity index (χ3n) is 2.89. The smallest absolute Gasteiger partial charge is 0.157 e. The van der Waals surface area contributed by atoms with Gasteiger partial charge < -0.3 is 0 Å². The summed E-state index contributed by atoms with van der Waals surface area (Å²) in [6.45, 7) is 3.86. The van der Waals surface area contributed by atoms with Crippen molar-refractivity contribution in [2.75, 3.05) is 0 Å². The van der Waals surface area contributed by atoms with Gasteiger partial charge in [0.2, 0.25) is 0 Å². The second-order valence-electron chi connectivity index (χ2n) is 4.32. The molecule has 1 aromatic carbocycles. The van der Waals surface area contributed by atoms with E-state index in [9.17, 15) is 10.1 Å². The topological polar surface area (TPSA) is 40.9 Å². The number of Topliss-reactive ketones (excluding diaryl/α,β-unsaturated/α-hetero) is 1. The van der Waals surface area contributed by atoms with E-state index < -0.39 is 5.92 Å². The van der Waals surface area contributed by atoms with Gasteiger partial charge in [-0.2, -0.15) is 5.26 Å². The van der Waals surface area contributed by atoms with E-state index in [4.69, 9.17) is 23.2 Å². The molecular formula is C14H15Cl2NO. The minimum Gasteiger partial charge on any atom is -0.298 e. The van der Waals surface area contributed by atoms with E-state index in [0.29, 0.717) is 15.6 Å². The quantitative estimate of drug-likeness (QED) is 0.792. The Morgan fingerprint density at radius 3 is 2.61 bits per heavy atom. The summed E-state index contributed by atoms with van der Waals surface area (Å²) in [6.07, 6.45) is 1.70. The maximum atomic E-state index is 12.2. The maximum absolute atomic E-state index is 12.2. The number of ketones is 1. The molecule has 0 amide bonds. The molecule has 0 aromatic heterocycles. The highest BCUT2D eigenvalue weighted by Gasteiger charge is 2.26. The number of nitriles is 1. The van der Waals surface area contributed by atoms with Crippen LogP contribution in [0.3, 0.4) is 0 Å². The van der Waals surface area contributed by atoms with Crippen molar-refractivity contribution in [3.63, 3.8) is 0 Å². The van der Waals surface area contributed by atoms with Gasteiger partial charge in [0.15, 0.2) is 5.78 Å². The van der Waals surface area contributed by atoms with Crippen LogP contribution in [-0.2, 0) is 4.79 Å². The molecule has 0 spiro atoms. The molecule has 1 rings (SSSR count). The number of halogens is 2. The van der Waals surface area contributed by atoms with Crippen molar-refractivity contribution in [1.82, 2.24) is 0 Å². The Labute approximate surface area is 118 Å². The fourth-order valence-electron chi connectivity index (χ4n) is 1.88. The standard InChI is InChI=1S/C14H15Cl2NO/c1-3-4-9(2)14(18)12(8-17)11-6-5-10(15)7-13(11)16/h5-7,9,12H,3-4H2,1-2H3. The number of rotatable bonds is 5. The molecule has 2 atom stereocenters. The van der Waals surface area contributed by atoms with E-state index >= 15 is 0 Å². The lowest BCUT2D eigenvalue weighted by Gasteiger charge is -2.15. The Kier molecular flexibility index (Phi) is 5.65. The van der Waals surface area contributed by atoms with Gasteiger partial charge >= 0.3 is 0 Å². The molecule has 0 radical (unpaired) electrons. The van der Waals surface area contributed by atoms with Gasteiger partial charge in [0, 0.05) is 16.0 Å². The lowest BCUT2D eigenvalue weighted by Crippen LogP contribution is -2.19. The highest BCUT2D eigenvalue weighted by atomic mass is 35.5. The molecule has 0 saturated heterocycles. The van der Waals surface area contributed by atoms with E-state index in [1.54, 1.807) is 18.2 Å². The normalized spacial score (nSPS) is 13.7. The van der Waals surface area contributed by atoms with Crippen LogP contribution < -0.4 is 0 Å². The number of carbonyl (C=O) groups excluding carboxylic acids is 1. The van der Waals surface area contributed by atoms with Gasteiger partial charge in [0.1, 0.15) is 5.92 Å². The van der Waals surface area contributed by atoms with Crippen molar-refractivity contribution in [1.29, 1.82) is 5.26 Å². The highest BCUT2D eigenvalue weighted by Crippen LogP contribution is 2.30. The summed E-state index contributed by atoms with van der Waals surface area (Å²) in [5, 5.41) is 10.1. The largest absolute Gasteiger partial charge is 0.298 e. The van der Waals surface area contributed by atoms with Crippen LogP contribution in [0.15, 0.2) is 18.2 Å². The predicted molar refractivity (Wildman–Crippen MR) is 73.9 cm³/mol. The minimum atomic E-state index is -0.809. The van der Waals surface area contributed by atoms with Crippen LogP contribution in [0.2, 0.25) is 10.0 Å². The van der Waals surface area contributed by atoms with Gasteiger partial charge in [-0.15, -0.1) is 0 Å². The maximum Gasteiger partial charge on any atom is 0.157 e. The Morgan fingerprint density at radius 1 is 1.44 bits per heavy atom. The molecule has 0 aliphatic heterocycles. The number of hydrogen-bond acceptors (Lipinski definition) is 2. The zero-order valence-electron chi connectivity index (χ0n) is 10.4. The van der Waals surface area contributed by atoms with Crippen LogP contribution in [0.4, 0.5) is 0 Å². The first-order valence-corrected chi connectivity index (χ1v) is 6.65. The summed E-state index contributed by atoms with van der Waals surface area (Å²) in [6, 6.07) is 6.89. The van der Waals surface area contributed by atoms with E-state index in [1.165, 1.54) is 0 Å². The van der Waals surface area contributed by atoms with Crippen LogP contribution in [0.25, 0.3) is 0 Å². The molecule has 0 bridgehead atoms. The van der Waals surface area contributed by atoms with Crippen molar-refractivity contribution >= 4 is 29.0 Å². The van der Waals surface area contributed by atoms with Gasteiger partial charge in [0.05, 0.1) is 6.07 Å². The zero-order valence-corrected chi connectivity index (χ0v) is 11.9. The number of nitrogens with zero attached hydrogens (tertiary/aromatic N) is 1. The van der Waals surface area contributed by atoms with Gasteiger partial charge in [0.25, 0.3) is 0 Å². The third-order valence-corrected chi connectivity index (χ3v) is 3.46. The second kappa shape index (κ2) is 6.78. The van der Waals surface area contributed by atoms with Gasteiger partial charge in [-0.1, -0.05) is 49.5 Å². The Morgan fingerprint density at radius 2 is 2.11 bits per heavy atom. The Bertz CT molecular complexity index is 479. The van der Waals surface area contributed by atoms with Crippen molar-refractivity contribution in [2.45, 2.75) is 32.6 Å². The van der Waals surface area contributed by atoms with Gasteiger partial charge in [-0.3, -0.25) is 4.79 Å². The monoisotopic (exact) mass is 283 g/mol. The molecular weight excluding hydrogens is 269 g/mol. The fourth-order valence-corrected chi connectivity index (χ4v) is 2.40. The van der Waals surface area contributed by atoms with Gasteiger partial charge in [-0.25, -0.2) is 0 Å². The van der Waals surface area contributed by atoms with E-state index in [0.717, 1.165) is 12.8 Å². The summed E-state index contributed by atoms with van der Waals surface area (Å²) in [5.74, 6) is -1.02. The Hall–Kier alpha value is -1.04. The first kappa shape index (κ1) is 15.0. The van der Waals surface area contributed by atoms with E-state index in [2.05, 4.69) is 0 Å². The number of carbonyl (C=O) groups is 1. The minimum absolute atomic E-state index is 0.0800. The molecule has 0 aliphatic carbocycles.